The molecule has 3 aromatic rings. The largest absolute Gasteiger partial charge is 0.433 e. The number of aromatic nitrogens is 4. The summed E-state index contributed by atoms with van der Waals surface area (Å²) in [5.41, 5.74) is -1.12. The fourth-order valence-corrected chi connectivity index (χ4v) is 2.02. The summed E-state index contributed by atoms with van der Waals surface area (Å²) >= 11 is 0. The molecule has 3 heterocycles. The molecule has 120 valence electrons. The number of aryl methyl sites for hydroxylation is 2. The number of hydrogen-bond donors (Lipinski definition) is 1. The SMILES string of the molecule is Cc1cc(C(F)(F)F)n2nc(C(=O)Nc3cc(C)on3)cc2n1. The number of amides is 1. The highest BCUT2D eigenvalue weighted by atomic mass is 19.4. The van der Waals surface area contributed by atoms with Gasteiger partial charge in [-0.15, -0.1) is 0 Å². The number of carbonyl (C=O) groups is 1. The average molecular weight is 325 g/mol. The predicted octanol–water partition coefficient (Wildman–Crippen LogP) is 2.61. The normalized spacial score (nSPS) is 11.9. The minimum Gasteiger partial charge on any atom is -0.360 e. The maximum absolute atomic E-state index is 13.0. The third-order valence-electron chi connectivity index (χ3n) is 2.95. The van der Waals surface area contributed by atoms with E-state index in [-0.39, 0.29) is 22.9 Å². The van der Waals surface area contributed by atoms with Gasteiger partial charge in [0.1, 0.15) is 11.5 Å². The second-order valence-electron chi connectivity index (χ2n) is 4.86. The van der Waals surface area contributed by atoms with Crippen LogP contribution in [0.5, 0.6) is 0 Å². The summed E-state index contributed by atoms with van der Waals surface area (Å²) in [5.74, 6) is -0.0914. The van der Waals surface area contributed by atoms with Crippen molar-refractivity contribution in [3.63, 3.8) is 0 Å². The van der Waals surface area contributed by atoms with Crippen molar-refractivity contribution >= 4 is 17.4 Å². The smallest absolute Gasteiger partial charge is 0.360 e. The molecule has 0 aliphatic heterocycles. The molecule has 3 rings (SSSR count). The summed E-state index contributed by atoms with van der Waals surface area (Å²) in [7, 11) is 0. The lowest BCUT2D eigenvalue weighted by Crippen LogP contribution is -2.15. The van der Waals surface area contributed by atoms with E-state index in [2.05, 4.69) is 20.6 Å². The molecule has 23 heavy (non-hydrogen) atoms. The summed E-state index contributed by atoms with van der Waals surface area (Å²) in [4.78, 5) is 16.0. The molecule has 0 saturated heterocycles. The molecule has 0 atom stereocenters. The molecule has 0 saturated carbocycles. The number of carbonyl (C=O) groups excluding carboxylic acids is 1. The van der Waals surface area contributed by atoms with Gasteiger partial charge in [-0.05, 0) is 19.9 Å². The van der Waals surface area contributed by atoms with E-state index in [9.17, 15) is 18.0 Å². The van der Waals surface area contributed by atoms with Crippen molar-refractivity contribution in [1.29, 1.82) is 0 Å². The van der Waals surface area contributed by atoms with Crippen LogP contribution in [0.15, 0.2) is 22.7 Å². The van der Waals surface area contributed by atoms with Gasteiger partial charge in [0.15, 0.2) is 17.2 Å². The second-order valence-corrected chi connectivity index (χ2v) is 4.86. The molecular weight excluding hydrogens is 315 g/mol. The maximum Gasteiger partial charge on any atom is 0.433 e. The molecule has 0 aliphatic rings. The van der Waals surface area contributed by atoms with Gasteiger partial charge in [-0.25, -0.2) is 9.50 Å². The first-order valence-electron chi connectivity index (χ1n) is 6.43. The minimum absolute atomic E-state index is 0.0705. The van der Waals surface area contributed by atoms with E-state index >= 15 is 0 Å². The lowest BCUT2D eigenvalue weighted by atomic mass is 10.3. The topological polar surface area (TPSA) is 85.3 Å². The van der Waals surface area contributed by atoms with Crippen LogP contribution < -0.4 is 5.32 Å². The fraction of sp³-hybridized carbons (Fsp3) is 0.231. The van der Waals surface area contributed by atoms with Crippen molar-refractivity contribution in [3.05, 3.63) is 41.0 Å². The van der Waals surface area contributed by atoms with Crippen LogP contribution in [0.4, 0.5) is 19.0 Å². The Hall–Kier alpha value is -2.91. The molecule has 0 fully saturated rings. The van der Waals surface area contributed by atoms with Gasteiger partial charge in [-0.1, -0.05) is 5.16 Å². The molecule has 3 aromatic heterocycles. The van der Waals surface area contributed by atoms with Gasteiger partial charge < -0.3 is 9.84 Å². The zero-order chi connectivity index (χ0) is 16.8. The number of alkyl halides is 3. The standard InChI is InChI=1S/C13H10F3N5O2/c1-6-3-9(13(14,15)16)21-11(17-6)5-8(19-21)12(22)18-10-4-7(2)23-20-10/h3-5H,1-2H3,(H,18,20,22). The number of rotatable bonds is 2. The number of nitrogens with zero attached hydrogens (tertiary/aromatic N) is 4. The van der Waals surface area contributed by atoms with Crippen molar-refractivity contribution in [2.24, 2.45) is 0 Å². The third kappa shape index (κ3) is 2.87. The fourth-order valence-electron chi connectivity index (χ4n) is 2.02. The van der Waals surface area contributed by atoms with Crippen molar-refractivity contribution in [2.45, 2.75) is 20.0 Å². The summed E-state index contributed by atoms with van der Waals surface area (Å²) in [6, 6.07) is 3.50. The van der Waals surface area contributed by atoms with Gasteiger partial charge in [-0.3, -0.25) is 4.79 Å². The molecule has 0 radical (unpaired) electrons. The van der Waals surface area contributed by atoms with Crippen LogP contribution in [-0.4, -0.2) is 25.7 Å². The van der Waals surface area contributed by atoms with Crippen LogP contribution in [0.2, 0.25) is 0 Å². The number of nitrogens with one attached hydrogen (secondary N) is 1. The summed E-state index contributed by atoms with van der Waals surface area (Å²) < 4.78 is 44.5. The van der Waals surface area contributed by atoms with E-state index in [0.717, 1.165) is 6.07 Å². The van der Waals surface area contributed by atoms with Crippen molar-refractivity contribution in [3.8, 4) is 0 Å². The van der Waals surface area contributed by atoms with Crippen LogP contribution in [0.1, 0.15) is 27.6 Å². The van der Waals surface area contributed by atoms with E-state index in [1.54, 1.807) is 6.92 Å². The van der Waals surface area contributed by atoms with Crippen LogP contribution in [0.25, 0.3) is 5.65 Å². The quantitative estimate of drug-likeness (QED) is 0.783. The van der Waals surface area contributed by atoms with Crippen LogP contribution >= 0.6 is 0 Å². The minimum atomic E-state index is -4.62. The Morgan fingerprint density at radius 3 is 2.61 bits per heavy atom. The molecule has 0 spiro atoms. The van der Waals surface area contributed by atoms with Gasteiger partial charge in [0, 0.05) is 17.8 Å². The molecule has 0 aliphatic carbocycles. The summed E-state index contributed by atoms with van der Waals surface area (Å²) in [5, 5.41) is 9.64. The highest BCUT2D eigenvalue weighted by Gasteiger charge is 2.35. The highest BCUT2D eigenvalue weighted by Crippen LogP contribution is 2.29. The second kappa shape index (κ2) is 5.07. The Balaban J connectivity index is 2.01. The third-order valence-corrected chi connectivity index (χ3v) is 2.95. The lowest BCUT2D eigenvalue weighted by Gasteiger charge is -2.08. The lowest BCUT2D eigenvalue weighted by molar-refractivity contribution is -0.142. The van der Waals surface area contributed by atoms with E-state index in [4.69, 9.17) is 4.52 Å². The highest BCUT2D eigenvalue weighted by molar-refractivity contribution is 6.02. The molecule has 10 heteroatoms. The zero-order valence-corrected chi connectivity index (χ0v) is 12.0. The van der Waals surface area contributed by atoms with Crippen LogP contribution in [0.3, 0.4) is 0 Å². The van der Waals surface area contributed by atoms with Gasteiger partial charge in [0.25, 0.3) is 5.91 Å². The predicted molar refractivity (Wildman–Crippen MR) is 71.9 cm³/mol. The molecule has 1 amide bonds. The number of anilines is 1. The van der Waals surface area contributed by atoms with Crippen LogP contribution in [0, 0.1) is 13.8 Å². The van der Waals surface area contributed by atoms with E-state index < -0.39 is 17.8 Å². The number of fused-ring (bicyclic) bond motifs is 1. The zero-order valence-electron chi connectivity index (χ0n) is 12.0. The molecular formula is C13H10F3N5O2. The maximum atomic E-state index is 13.0. The Bertz CT molecular complexity index is 897. The first kappa shape index (κ1) is 15.0. The van der Waals surface area contributed by atoms with Crippen molar-refractivity contribution in [1.82, 2.24) is 19.8 Å². The Morgan fingerprint density at radius 2 is 2.00 bits per heavy atom. The van der Waals surface area contributed by atoms with Crippen LogP contribution in [-0.2, 0) is 6.18 Å². The Labute approximate surface area is 127 Å². The monoisotopic (exact) mass is 325 g/mol. The molecule has 0 unspecified atom stereocenters. The van der Waals surface area contributed by atoms with Crippen molar-refractivity contribution < 1.29 is 22.5 Å². The summed E-state index contributed by atoms with van der Waals surface area (Å²) in [6.07, 6.45) is -4.62. The van der Waals surface area contributed by atoms with Gasteiger partial charge in [0.2, 0.25) is 0 Å². The molecule has 7 nitrogen and oxygen atoms in total. The van der Waals surface area contributed by atoms with E-state index in [1.165, 1.54) is 19.1 Å². The molecule has 0 aromatic carbocycles. The first-order chi connectivity index (χ1) is 10.7. The van der Waals surface area contributed by atoms with Gasteiger partial charge in [0.05, 0.1) is 0 Å². The van der Waals surface area contributed by atoms with E-state index in [0.29, 0.717) is 10.3 Å². The number of hydrogen-bond acceptors (Lipinski definition) is 5. The van der Waals surface area contributed by atoms with E-state index in [1.807, 2.05) is 0 Å². The summed E-state index contributed by atoms with van der Waals surface area (Å²) in [6.45, 7) is 3.07. The van der Waals surface area contributed by atoms with Gasteiger partial charge >= 0.3 is 6.18 Å². The van der Waals surface area contributed by atoms with Crippen molar-refractivity contribution in [2.75, 3.05) is 5.32 Å². The van der Waals surface area contributed by atoms with Gasteiger partial charge in [-0.2, -0.15) is 18.3 Å². The average Bonchev–Trinajstić information content (AvgIpc) is 3.02. The molecule has 1 N–H and O–H groups in total. The Morgan fingerprint density at radius 1 is 1.26 bits per heavy atom. The number of halogens is 3. The molecule has 0 bridgehead atoms. The Kier molecular flexibility index (Phi) is 3.31. The first-order valence-corrected chi connectivity index (χ1v) is 6.43.